The molecule has 0 saturated heterocycles. The molecule has 0 amide bonds. The van der Waals surface area contributed by atoms with E-state index in [4.69, 9.17) is 19.8 Å². The van der Waals surface area contributed by atoms with E-state index in [-0.39, 0.29) is 5.75 Å². The van der Waals surface area contributed by atoms with Gasteiger partial charge in [0.1, 0.15) is 5.75 Å². The van der Waals surface area contributed by atoms with E-state index in [0.29, 0.717) is 6.54 Å². The number of imidazole rings is 1. The van der Waals surface area contributed by atoms with Crippen molar-refractivity contribution in [2.75, 3.05) is 5.32 Å². The van der Waals surface area contributed by atoms with Crippen LogP contribution in [0.5, 0.6) is 5.75 Å². The molecule has 168 valence electrons. The van der Waals surface area contributed by atoms with Crippen molar-refractivity contribution in [3.05, 3.63) is 90.6 Å². The molecule has 0 saturated carbocycles. The minimum absolute atomic E-state index is 0.272. The number of benzene rings is 3. The predicted molar refractivity (Wildman–Crippen MR) is 125 cm³/mol. The van der Waals surface area contributed by atoms with Crippen LogP contribution < -0.4 is 5.32 Å². The first-order valence-electron chi connectivity index (χ1n) is 10.0. The van der Waals surface area contributed by atoms with Crippen molar-refractivity contribution < 1.29 is 24.9 Å². The average Bonchev–Trinajstić information content (AvgIpc) is 3.19. The fourth-order valence-electron chi connectivity index (χ4n) is 3.15. The van der Waals surface area contributed by atoms with Gasteiger partial charge in [0, 0.05) is 13.6 Å². The number of rotatable bonds is 5. The highest BCUT2D eigenvalue weighted by atomic mass is 16.4. The van der Waals surface area contributed by atoms with Gasteiger partial charge in [0.2, 0.25) is 5.95 Å². The zero-order chi connectivity index (χ0) is 23.8. The van der Waals surface area contributed by atoms with Gasteiger partial charge < -0.3 is 25.2 Å². The van der Waals surface area contributed by atoms with E-state index in [1.807, 2.05) is 36.0 Å². The summed E-state index contributed by atoms with van der Waals surface area (Å²) in [7, 11) is 2.00. The van der Waals surface area contributed by atoms with Crippen LogP contribution in [0.4, 0.5) is 5.95 Å². The molecule has 0 aliphatic rings. The van der Waals surface area contributed by atoms with E-state index < -0.39 is 11.9 Å². The van der Waals surface area contributed by atoms with Gasteiger partial charge in [-0.15, -0.1) is 0 Å². The topological polar surface area (TPSA) is 125 Å². The Morgan fingerprint density at radius 1 is 0.848 bits per heavy atom. The molecule has 0 atom stereocenters. The molecule has 0 unspecified atom stereocenters. The maximum absolute atomic E-state index is 9.57. The van der Waals surface area contributed by atoms with Gasteiger partial charge in [-0.25, -0.2) is 14.6 Å². The number of carbonyl (C=O) groups is 2. The predicted octanol–water partition coefficient (Wildman–Crippen LogP) is 4.23. The normalized spacial score (nSPS) is 10.1. The van der Waals surface area contributed by atoms with Crippen LogP contribution in [0.1, 0.15) is 5.56 Å². The first-order chi connectivity index (χ1) is 15.8. The minimum atomic E-state index is -1.82. The van der Waals surface area contributed by atoms with E-state index in [0.717, 1.165) is 22.8 Å². The van der Waals surface area contributed by atoms with E-state index in [1.165, 1.54) is 11.1 Å². The quantitative estimate of drug-likeness (QED) is 0.339. The Labute approximate surface area is 190 Å². The molecule has 0 aliphatic carbocycles. The van der Waals surface area contributed by atoms with Crippen LogP contribution in [0, 0.1) is 0 Å². The van der Waals surface area contributed by atoms with Gasteiger partial charge in [0.05, 0.1) is 11.9 Å². The van der Waals surface area contributed by atoms with Gasteiger partial charge >= 0.3 is 11.9 Å². The third-order valence-electron chi connectivity index (χ3n) is 4.82. The monoisotopic (exact) mass is 445 g/mol. The number of hydrogen-bond acceptors (Lipinski definition) is 5. The molecule has 0 radical (unpaired) electrons. The maximum atomic E-state index is 9.57. The number of nitrogens with one attached hydrogen (secondary N) is 1. The average molecular weight is 445 g/mol. The summed E-state index contributed by atoms with van der Waals surface area (Å²) in [6.07, 6.45) is 1.88. The third kappa shape index (κ3) is 6.20. The third-order valence-corrected chi connectivity index (χ3v) is 4.82. The van der Waals surface area contributed by atoms with Crippen molar-refractivity contribution in [3.63, 3.8) is 0 Å². The van der Waals surface area contributed by atoms with E-state index >= 15 is 0 Å². The summed E-state index contributed by atoms with van der Waals surface area (Å²) in [5, 5.41) is 27.7. The molecule has 4 aromatic rings. The van der Waals surface area contributed by atoms with Crippen LogP contribution in [-0.2, 0) is 23.2 Å². The second-order valence-corrected chi connectivity index (χ2v) is 7.10. The van der Waals surface area contributed by atoms with Crippen molar-refractivity contribution in [2.24, 2.45) is 7.05 Å². The highest BCUT2D eigenvalue weighted by molar-refractivity contribution is 6.27. The molecule has 0 aliphatic heterocycles. The number of hydrogen-bond donors (Lipinski definition) is 4. The number of nitrogens with zero attached hydrogens (tertiary/aromatic N) is 2. The number of phenols is 1. The molecule has 1 heterocycles. The van der Waals surface area contributed by atoms with Gasteiger partial charge in [-0.2, -0.15) is 0 Å². The molecule has 3 aromatic carbocycles. The standard InChI is InChI=1S/C23H21N3O.C2H2O4/c1-26-22(16-25-23(26)24-15-17-6-5-9-21(27)14-17)20-12-10-19(11-13-20)18-7-3-2-4-8-18;3-1(4)2(5)6/h2-14,16,27H,15H2,1H3,(H,24,25);(H,3,4)(H,5,6). The van der Waals surface area contributed by atoms with E-state index in [1.54, 1.807) is 12.1 Å². The molecule has 0 bridgehead atoms. The number of anilines is 1. The summed E-state index contributed by atoms with van der Waals surface area (Å²) in [5.41, 5.74) is 5.58. The molecule has 8 heteroatoms. The first-order valence-corrected chi connectivity index (χ1v) is 10.0. The van der Waals surface area contributed by atoms with Gasteiger partial charge in [-0.3, -0.25) is 0 Å². The number of carboxylic acids is 2. The minimum Gasteiger partial charge on any atom is -0.508 e. The second-order valence-electron chi connectivity index (χ2n) is 7.10. The number of carboxylic acid groups (broad SMARTS) is 2. The molecule has 0 spiro atoms. The van der Waals surface area contributed by atoms with Crippen LogP contribution in [0.15, 0.2) is 85.1 Å². The Hall–Kier alpha value is -4.59. The number of aromatic nitrogens is 2. The zero-order valence-corrected chi connectivity index (χ0v) is 17.8. The molecule has 8 nitrogen and oxygen atoms in total. The zero-order valence-electron chi connectivity index (χ0n) is 17.8. The van der Waals surface area contributed by atoms with Crippen molar-refractivity contribution in [1.29, 1.82) is 0 Å². The van der Waals surface area contributed by atoms with Crippen LogP contribution in [-0.4, -0.2) is 36.8 Å². The summed E-state index contributed by atoms with van der Waals surface area (Å²) in [4.78, 5) is 22.7. The lowest BCUT2D eigenvalue weighted by Crippen LogP contribution is -2.09. The largest absolute Gasteiger partial charge is 0.508 e. The lowest BCUT2D eigenvalue weighted by atomic mass is 10.0. The van der Waals surface area contributed by atoms with E-state index in [9.17, 15) is 5.11 Å². The SMILES string of the molecule is Cn1c(-c2ccc(-c3ccccc3)cc2)cnc1NCc1cccc(O)c1.O=C(O)C(=O)O. The van der Waals surface area contributed by atoms with Crippen LogP contribution >= 0.6 is 0 Å². The molecule has 1 aromatic heterocycles. The maximum Gasteiger partial charge on any atom is 0.414 e. The Bertz CT molecular complexity index is 1220. The molecular formula is C25H23N3O5. The molecule has 0 fully saturated rings. The highest BCUT2D eigenvalue weighted by Crippen LogP contribution is 2.26. The second kappa shape index (κ2) is 10.6. The van der Waals surface area contributed by atoms with Gasteiger partial charge in [0.25, 0.3) is 0 Å². The Kier molecular flexibility index (Phi) is 7.43. The van der Waals surface area contributed by atoms with Crippen molar-refractivity contribution in [1.82, 2.24) is 9.55 Å². The molecular weight excluding hydrogens is 422 g/mol. The van der Waals surface area contributed by atoms with Crippen LogP contribution in [0.2, 0.25) is 0 Å². The molecule has 33 heavy (non-hydrogen) atoms. The first kappa shape index (κ1) is 23.1. The Morgan fingerprint density at radius 2 is 1.45 bits per heavy atom. The smallest absolute Gasteiger partial charge is 0.414 e. The summed E-state index contributed by atoms with van der Waals surface area (Å²) < 4.78 is 2.04. The van der Waals surface area contributed by atoms with Crippen molar-refractivity contribution in [2.45, 2.75) is 6.54 Å². The molecule has 4 rings (SSSR count). The highest BCUT2D eigenvalue weighted by Gasteiger charge is 2.09. The van der Waals surface area contributed by atoms with Crippen molar-refractivity contribution in [3.8, 4) is 28.1 Å². The van der Waals surface area contributed by atoms with Gasteiger partial charge in [-0.1, -0.05) is 66.7 Å². The lowest BCUT2D eigenvalue weighted by Gasteiger charge is -2.09. The number of aliphatic carboxylic acids is 2. The van der Waals surface area contributed by atoms with Crippen LogP contribution in [0.25, 0.3) is 22.4 Å². The molecule has 4 N–H and O–H groups in total. The summed E-state index contributed by atoms with van der Waals surface area (Å²) in [6, 6.07) is 26.1. The Balaban J connectivity index is 0.000000454. The Morgan fingerprint density at radius 3 is 2.06 bits per heavy atom. The fourth-order valence-corrected chi connectivity index (χ4v) is 3.15. The van der Waals surface area contributed by atoms with Crippen molar-refractivity contribution >= 4 is 17.9 Å². The van der Waals surface area contributed by atoms with E-state index in [2.05, 4.69) is 58.8 Å². The summed E-state index contributed by atoms with van der Waals surface area (Å²) >= 11 is 0. The lowest BCUT2D eigenvalue weighted by molar-refractivity contribution is -0.159. The number of aromatic hydroxyl groups is 1. The summed E-state index contributed by atoms with van der Waals surface area (Å²) in [5.74, 6) is -2.58. The fraction of sp³-hybridized carbons (Fsp3) is 0.0800. The van der Waals surface area contributed by atoms with Gasteiger partial charge in [-0.05, 0) is 34.4 Å². The van der Waals surface area contributed by atoms with Gasteiger partial charge in [0.15, 0.2) is 0 Å². The summed E-state index contributed by atoms with van der Waals surface area (Å²) in [6.45, 7) is 0.603. The van der Waals surface area contributed by atoms with Crippen LogP contribution in [0.3, 0.4) is 0 Å². The number of phenolic OH excluding ortho intramolecular Hbond substituents is 1.